The Balaban J connectivity index is 1.97. The number of carbonyl (C=O) groups is 1. The summed E-state index contributed by atoms with van der Waals surface area (Å²) in [5.74, 6) is -0.512. The molecule has 0 saturated heterocycles. The molecule has 0 radical (unpaired) electrons. The summed E-state index contributed by atoms with van der Waals surface area (Å²) in [5, 5.41) is 0.518. The van der Waals surface area contributed by atoms with E-state index >= 15 is 0 Å². The van der Waals surface area contributed by atoms with E-state index in [9.17, 15) is 9.18 Å². The summed E-state index contributed by atoms with van der Waals surface area (Å²) >= 11 is 4.78. The first-order chi connectivity index (χ1) is 12.5. The Morgan fingerprint density at radius 1 is 1.15 bits per heavy atom. The van der Waals surface area contributed by atoms with Crippen molar-refractivity contribution in [3.05, 3.63) is 58.3 Å². The highest BCUT2D eigenvalue weighted by Crippen LogP contribution is 2.32. The molecule has 0 aliphatic heterocycles. The third-order valence-corrected chi connectivity index (χ3v) is 5.66. The molecule has 2 aromatic carbocycles. The van der Waals surface area contributed by atoms with Gasteiger partial charge in [-0.2, -0.15) is 0 Å². The van der Waals surface area contributed by atoms with Crippen molar-refractivity contribution in [2.75, 3.05) is 32.1 Å². The number of anilines is 1. The highest BCUT2D eigenvalue weighted by atomic mass is 79.9. The summed E-state index contributed by atoms with van der Waals surface area (Å²) in [7, 11) is 3.99. The van der Waals surface area contributed by atoms with Gasteiger partial charge in [0, 0.05) is 11.0 Å². The third-order valence-electron chi connectivity index (χ3n) is 3.93. The Labute approximate surface area is 164 Å². The van der Waals surface area contributed by atoms with Crippen LogP contribution in [0.2, 0.25) is 0 Å². The Bertz CT molecular complexity index is 928. The number of benzene rings is 2. The maximum absolute atomic E-state index is 14.0. The van der Waals surface area contributed by atoms with Gasteiger partial charge in [0.05, 0.1) is 10.3 Å². The van der Waals surface area contributed by atoms with E-state index in [2.05, 4.69) is 25.8 Å². The predicted octanol–water partition coefficient (Wildman–Crippen LogP) is 4.80. The number of hydrogen-bond donors (Lipinski definition) is 0. The third kappa shape index (κ3) is 4.11. The zero-order valence-corrected chi connectivity index (χ0v) is 17.0. The van der Waals surface area contributed by atoms with Gasteiger partial charge in [0.25, 0.3) is 5.91 Å². The standard InChI is InChI=1S/C19H19BrFN3OS/c1-23(2)11-6-12-24(18(25)13-7-3-4-8-14(13)20)19-22-17-15(21)9-5-10-16(17)26-19/h3-5,7-10H,6,11-12H2,1-2H3. The highest BCUT2D eigenvalue weighted by molar-refractivity contribution is 9.10. The topological polar surface area (TPSA) is 36.4 Å². The van der Waals surface area contributed by atoms with Gasteiger partial charge in [0.2, 0.25) is 0 Å². The molecule has 0 fully saturated rings. The molecule has 136 valence electrons. The van der Waals surface area contributed by atoms with Crippen LogP contribution < -0.4 is 4.90 Å². The highest BCUT2D eigenvalue weighted by Gasteiger charge is 2.23. The predicted molar refractivity (Wildman–Crippen MR) is 109 cm³/mol. The summed E-state index contributed by atoms with van der Waals surface area (Å²) in [4.78, 5) is 21.3. The lowest BCUT2D eigenvalue weighted by Gasteiger charge is -2.21. The van der Waals surface area contributed by atoms with Crippen LogP contribution in [0.5, 0.6) is 0 Å². The lowest BCUT2D eigenvalue weighted by atomic mass is 10.2. The van der Waals surface area contributed by atoms with Crippen molar-refractivity contribution < 1.29 is 9.18 Å². The van der Waals surface area contributed by atoms with Crippen molar-refractivity contribution in [2.24, 2.45) is 0 Å². The molecular weight excluding hydrogens is 417 g/mol. The number of hydrogen-bond acceptors (Lipinski definition) is 4. The average Bonchev–Trinajstić information content (AvgIpc) is 3.03. The SMILES string of the molecule is CN(C)CCCN(C(=O)c1ccccc1Br)c1nc2c(F)cccc2s1. The van der Waals surface area contributed by atoms with Gasteiger partial charge in [-0.25, -0.2) is 9.37 Å². The van der Waals surface area contributed by atoms with E-state index in [0.29, 0.717) is 22.8 Å². The minimum atomic E-state index is -0.369. The average molecular weight is 436 g/mol. The van der Waals surface area contributed by atoms with Gasteiger partial charge in [-0.3, -0.25) is 9.69 Å². The van der Waals surface area contributed by atoms with E-state index in [1.54, 1.807) is 17.0 Å². The lowest BCUT2D eigenvalue weighted by molar-refractivity contribution is 0.0985. The molecule has 1 aromatic heterocycles. The Kier molecular flexibility index (Phi) is 6.01. The molecule has 0 aliphatic carbocycles. The van der Waals surface area contributed by atoms with E-state index in [-0.39, 0.29) is 11.7 Å². The Hall–Kier alpha value is -1.83. The number of carbonyl (C=O) groups excluding carboxylic acids is 1. The second-order valence-corrected chi connectivity index (χ2v) is 8.04. The molecule has 7 heteroatoms. The second kappa shape index (κ2) is 8.24. The van der Waals surface area contributed by atoms with Crippen LogP contribution in [0.1, 0.15) is 16.8 Å². The zero-order chi connectivity index (χ0) is 18.7. The van der Waals surface area contributed by atoms with Crippen LogP contribution in [0.3, 0.4) is 0 Å². The summed E-state index contributed by atoms with van der Waals surface area (Å²) in [6, 6.07) is 12.2. The van der Waals surface area contributed by atoms with Crippen LogP contribution in [-0.2, 0) is 0 Å². The van der Waals surface area contributed by atoms with Crippen LogP contribution in [0.4, 0.5) is 9.52 Å². The summed E-state index contributed by atoms with van der Waals surface area (Å²) in [5.41, 5.74) is 0.877. The van der Waals surface area contributed by atoms with Crippen molar-refractivity contribution in [3.8, 4) is 0 Å². The normalized spacial score (nSPS) is 11.3. The number of amides is 1. The van der Waals surface area contributed by atoms with Crippen LogP contribution in [0, 0.1) is 5.82 Å². The molecular formula is C19H19BrFN3OS. The quantitative estimate of drug-likeness (QED) is 0.557. The summed E-state index contributed by atoms with van der Waals surface area (Å²) in [6.45, 7) is 1.36. The van der Waals surface area contributed by atoms with E-state index in [1.165, 1.54) is 17.4 Å². The fourth-order valence-electron chi connectivity index (χ4n) is 2.63. The first-order valence-electron chi connectivity index (χ1n) is 8.23. The smallest absolute Gasteiger partial charge is 0.261 e. The van der Waals surface area contributed by atoms with E-state index in [1.807, 2.05) is 38.4 Å². The van der Waals surface area contributed by atoms with Gasteiger partial charge >= 0.3 is 0 Å². The molecule has 0 spiro atoms. The Morgan fingerprint density at radius 3 is 2.62 bits per heavy atom. The number of para-hydroxylation sites is 1. The van der Waals surface area contributed by atoms with E-state index in [4.69, 9.17) is 0 Å². The first-order valence-corrected chi connectivity index (χ1v) is 9.84. The lowest BCUT2D eigenvalue weighted by Crippen LogP contribution is -2.33. The van der Waals surface area contributed by atoms with Gasteiger partial charge < -0.3 is 4.90 Å². The van der Waals surface area contributed by atoms with Crippen molar-refractivity contribution in [2.45, 2.75) is 6.42 Å². The minimum Gasteiger partial charge on any atom is -0.309 e. The van der Waals surface area contributed by atoms with Crippen molar-refractivity contribution >= 4 is 48.5 Å². The maximum Gasteiger partial charge on any atom is 0.261 e. The van der Waals surface area contributed by atoms with Gasteiger partial charge in [0.1, 0.15) is 11.3 Å². The molecule has 0 saturated carbocycles. The zero-order valence-electron chi connectivity index (χ0n) is 14.6. The van der Waals surface area contributed by atoms with E-state index in [0.717, 1.165) is 22.1 Å². The fourth-order valence-corrected chi connectivity index (χ4v) is 4.09. The molecule has 1 amide bonds. The second-order valence-electron chi connectivity index (χ2n) is 6.18. The van der Waals surface area contributed by atoms with Crippen molar-refractivity contribution in [1.29, 1.82) is 0 Å². The minimum absolute atomic E-state index is 0.143. The number of aromatic nitrogens is 1. The van der Waals surface area contributed by atoms with Crippen molar-refractivity contribution in [3.63, 3.8) is 0 Å². The van der Waals surface area contributed by atoms with Crippen LogP contribution >= 0.6 is 27.3 Å². The van der Waals surface area contributed by atoms with Gasteiger partial charge in [0.15, 0.2) is 5.13 Å². The number of fused-ring (bicyclic) bond motifs is 1. The number of rotatable bonds is 6. The molecule has 0 unspecified atom stereocenters. The summed E-state index contributed by atoms with van der Waals surface area (Å²) < 4.78 is 15.5. The largest absolute Gasteiger partial charge is 0.309 e. The van der Waals surface area contributed by atoms with Gasteiger partial charge in [-0.1, -0.05) is 29.5 Å². The molecule has 3 aromatic rings. The first kappa shape index (κ1) is 18.9. The molecule has 26 heavy (non-hydrogen) atoms. The molecule has 3 rings (SSSR count). The maximum atomic E-state index is 14.0. The number of halogens is 2. The summed E-state index contributed by atoms with van der Waals surface area (Å²) in [6.07, 6.45) is 0.793. The number of thiazole rings is 1. The van der Waals surface area contributed by atoms with Crippen LogP contribution in [0.25, 0.3) is 10.2 Å². The van der Waals surface area contributed by atoms with Gasteiger partial charge in [-0.15, -0.1) is 0 Å². The number of nitrogens with zero attached hydrogens (tertiary/aromatic N) is 3. The van der Waals surface area contributed by atoms with Crippen molar-refractivity contribution in [1.82, 2.24) is 9.88 Å². The molecule has 4 nitrogen and oxygen atoms in total. The van der Waals surface area contributed by atoms with Gasteiger partial charge in [-0.05, 0) is 67.3 Å². The van der Waals surface area contributed by atoms with E-state index < -0.39 is 0 Å². The molecule has 0 N–H and O–H groups in total. The Morgan fingerprint density at radius 2 is 1.92 bits per heavy atom. The molecule has 1 heterocycles. The fraction of sp³-hybridized carbons (Fsp3) is 0.263. The molecule has 0 aliphatic rings. The monoisotopic (exact) mass is 435 g/mol. The van der Waals surface area contributed by atoms with Crippen LogP contribution in [0.15, 0.2) is 46.9 Å². The molecule has 0 bridgehead atoms. The van der Waals surface area contributed by atoms with Crippen LogP contribution in [-0.4, -0.2) is 43.0 Å². The molecule has 0 atom stereocenters.